The Balaban J connectivity index is 1.69. The van der Waals surface area contributed by atoms with Gasteiger partial charge < -0.3 is 4.74 Å². The molecule has 3 aromatic rings. The SMILES string of the molecule is O=C1NN(c2ccccc2)C(=O)/C1=C/c1cc(Cl)cc(Cl)c1OCc1c(Cl)cccc1Cl. The van der Waals surface area contributed by atoms with Gasteiger partial charge in [0.15, 0.2) is 0 Å². The van der Waals surface area contributed by atoms with Crippen molar-refractivity contribution in [2.24, 2.45) is 0 Å². The average Bonchev–Trinajstić information content (AvgIpc) is 3.03. The van der Waals surface area contributed by atoms with E-state index in [2.05, 4.69) is 5.43 Å². The molecule has 0 aliphatic carbocycles. The van der Waals surface area contributed by atoms with Crippen LogP contribution in [0.25, 0.3) is 6.08 Å². The van der Waals surface area contributed by atoms with Crippen LogP contribution in [0.1, 0.15) is 11.1 Å². The molecule has 0 saturated carbocycles. The quantitative estimate of drug-likeness (QED) is 0.323. The van der Waals surface area contributed by atoms with Crippen molar-refractivity contribution in [3.63, 3.8) is 0 Å². The fourth-order valence-corrected chi connectivity index (χ4v) is 4.20. The van der Waals surface area contributed by atoms with Crippen LogP contribution in [0.2, 0.25) is 20.1 Å². The monoisotopic (exact) mass is 506 g/mol. The third-order valence-corrected chi connectivity index (χ3v) is 5.87. The number of benzene rings is 3. The summed E-state index contributed by atoms with van der Waals surface area (Å²) in [5.41, 5.74) is 3.92. The first-order valence-electron chi connectivity index (χ1n) is 9.32. The number of carbonyl (C=O) groups excluding carboxylic acids is 2. The Morgan fingerprint density at radius 1 is 0.875 bits per heavy atom. The van der Waals surface area contributed by atoms with E-state index in [0.29, 0.717) is 31.9 Å². The van der Waals surface area contributed by atoms with Crippen LogP contribution in [0.5, 0.6) is 5.75 Å². The first-order valence-corrected chi connectivity index (χ1v) is 10.8. The Morgan fingerprint density at radius 2 is 1.56 bits per heavy atom. The molecule has 3 aromatic carbocycles. The summed E-state index contributed by atoms with van der Waals surface area (Å²) >= 11 is 25.0. The highest BCUT2D eigenvalue weighted by molar-refractivity contribution is 6.37. The molecule has 9 heteroatoms. The van der Waals surface area contributed by atoms with Crippen LogP contribution in [0.4, 0.5) is 5.69 Å². The molecule has 0 spiro atoms. The van der Waals surface area contributed by atoms with E-state index in [-0.39, 0.29) is 23.0 Å². The zero-order valence-corrected chi connectivity index (χ0v) is 19.3. The molecule has 2 amide bonds. The number of hydrogen-bond acceptors (Lipinski definition) is 3. The Bertz CT molecular complexity index is 1230. The highest BCUT2D eigenvalue weighted by Gasteiger charge is 2.34. The molecular weight excluding hydrogens is 494 g/mol. The molecule has 0 aromatic heterocycles. The fraction of sp³-hybridized carbons (Fsp3) is 0.0435. The number of hydrogen-bond donors (Lipinski definition) is 1. The number of anilines is 1. The van der Waals surface area contributed by atoms with Crippen molar-refractivity contribution in [3.8, 4) is 5.75 Å². The lowest BCUT2D eigenvalue weighted by Gasteiger charge is -2.14. The number of amides is 2. The van der Waals surface area contributed by atoms with E-state index in [1.165, 1.54) is 17.2 Å². The second-order valence-corrected chi connectivity index (χ2v) is 8.43. The summed E-state index contributed by atoms with van der Waals surface area (Å²) in [5, 5.41) is 2.57. The van der Waals surface area contributed by atoms with Gasteiger partial charge in [-0.2, -0.15) is 0 Å². The minimum Gasteiger partial charge on any atom is -0.487 e. The number of para-hydroxylation sites is 1. The largest absolute Gasteiger partial charge is 0.487 e. The third kappa shape index (κ3) is 4.57. The summed E-state index contributed by atoms with van der Waals surface area (Å²) < 4.78 is 5.90. The van der Waals surface area contributed by atoms with E-state index < -0.39 is 11.8 Å². The van der Waals surface area contributed by atoms with Crippen molar-refractivity contribution in [2.45, 2.75) is 6.61 Å². The van der Waals surface area contributed by atoms with Gasteiger partial charge in [-0.3, -0.25) is 15.0 Å². The van der Waals surface area contributed by atoms with Gasteiger partial charge in [-0.15, -0.1) is 0 Å². The summed E-state index contributed by atoms with van der Waals surface area (Å²) in [5.74, 6) is -0.842. The molecule has 1 fully saturated rings. The maximum absolute atomic E-state index is 12.9. The van der Waals surface area contributed by atoms with Gasteiger partial charge in [0, 0.05) is 26.2 Å². The van der Waals surface area contributed by atoms with Crippen LogP contribution >= 0.6 is 46.4 Å². The molecule has 1 heterocycles. The van der Waals surface area contributed by atoms with E-state index in [1.54, 1.807) is 48.5 Å². The number of carbonyl (C=O) groups is 2. The molecule has 0 unspecified atom stereocenters. The second kappa shape index (κ2) is 9.43. The van der Waals surface area contributed by atoms with Crippen LogP contribution < -0.4 is 15.2 Å². The molecule has 5 nitrogen and oxygen atoms in total. The number of nitrogens with one attached hydrogen (secondary N) is 1. The van der Waals surface area contributed by atoms with Gasteiger partial charge in [0.2, 0.25) is 0 Å². The van der Waals surface area contributed by atoms with Gasteiger partial charge in [-0.05, 0) is 42.5 Å². The number of halogens is 4. The van der Waals surface area contributed by atoms with Crippen LogP contribution in [0.3, 0.4) is 0 Å². The molecule has 0 bridgehead atoms. The highest BCUT2D eigenvalue weighted by Crippen LogP contribution is 2.36. The zero-order valence-electron chi connectivity index (χ0n) is 16.2. The maximum atomic E-state index is 12.9. The highest BCUT2D eigenvalue weighted by atomic mass is 35.5. The van der Waals surface area contributed by atoms with E-state index in [0.717, 1.165) is 0 Å². The van der Waals surface area contributed by atoms with E-state index in [1.807, 2.05) is 6.07 Å². The first kappa shape index (κ1) is 22.5. The first-order chi connectivity index (χ1) is 15.3. The number of rotatable bonds is 5. The minimum absolute atomic E-state index is 0.0202. The lowest BCUT2D eigenvalue weighted by atomic mass is 10.1. The van der Waals surface area contributed by atoms with Crippen molar-refractivity contribution in [1.29, 1.82) is 0 Å². The molecule has 1 N–H and O–H groups in total. The Morgan fingerprint density at radius 3 is 2.25 bits per heavy atom. The second-order valence-electron chi connectivity index (χ2n) is 6.77. The summed E-state index contributed by atoms with van der Waals surface area (Å²) in [4.78, 5) is 25.4. The van der Waals surface area contributed by atoms with E-state index >= 15 is 0 Å². The van der Waals surface area contributed by atoms with Gasteiger partial charge in [-0.25, -0.2) is 5.01 Å². The lowest BCUT2D eigenvalue weighted by molar-refractivity contribution is -0.117. The Hall–Kier alpha value is -2.70. The lowest BCUT2D eigenvalue weighted by Crippen LogP contribution is -2.35. The van der Waals surface area contributed by atoms with Gasteiger partial charge in [0.1, 0.15) is 17.9 Å². The summed E-state index contributed by atoms with van der Waals surface area (Å²) in [6, 6.07) is 16.9. The van der Waals surface area contributed by atoms with Gasteiger partial charge >= 0.3 is 0 Å². The van der Waals surface area contributed by atoms with Crippen LogP contribution in [0.15, 0.2) is 66.2 Å². The van der Waals surface area contributed by atoms with Crippen molar-refractivity contribution in [2.75, 3.05) is 5.01 Å². The average molecular weight is 508 g/mol. The summed E-state index contributed by atoms with van der Waals surface area (Å²) in [7, 11) is 0. The van der Waals surface area contributed by atoms with E-state index in [9.17, 15) is 9.59 Å². The number of hydrazine groups is 1. The van der Waals surface area contributed by atoms with Crippen molar-refractivity contribution < 1.29 is 14.3 Å². The minimum atomic E-state index is -0.560. The predicted molar refractivity (Wildman–Crippen MR) is 127 cm³/mol. The smallest absolute Gasteiger partial charge is 0.282 e. The Kier molecular flexibility index (Phi) is 6.63. The van der Waals surface area contributed by atoms with Gasteiger partial charge in [0.05, 0.1) is 10.7 Å². The van der Waals surface area contributed by atoms with Crippen molar-refractivity contribution >= 4 is 70.0 Å². The van der Waals surface area contributed by atoms with Gasteiger partial charge in [0.25, 0.3) is 11.8 Å². The van der Waals surface area contributed by atoms with Crippen LogP contribution in [-0.4, -0.2) is 11.8 Å². The molecule has 162 valence electrons. The fourth-order valence-electron chi connectivity index (χ4n) is 3.13. The van der Waals surface area contributed by atoms with Crippen LogP contribution in [0, 0.1) is 0 Å². The topological polar surface area (TPSA) is 58.6 Å². The molecule has 1 aliphatic rings. The third-order valence-electron chi connectivity index (χ3n) is 4.67. The number of nitrogens with zero attached hydrogens (tertiary/aromatic N) is 1. The molecular formula is C23H14Cl4N2O3. The Labute approximate surface area is 204 Å². The van der Waals surface area contributed by atoms with Gasteiger partial charge in [-0.1, -0.05) is 70.7 Å². The standard InChI is InChI=1S/C23H14Cl4N2O3/c24-14-9-13(10-16-22(30)28-29(23(16)31)15-5-2-1-3-6-15)21(20(27)11-14)32-12-17-18(25)7-4-8-19(17)26/h1-11H,12H2,(H,28,30)/b16-10+. The van der Waals surface area contributed by atoms with Crippen molar-refractivity contribution in [3.05, 3.63) is 97.5 Å². The normalized spacial score (nSPS) is 14.8. The number of ether oxygens (including phenoxy) is 1. The van der Waals surface area contributed by atoms with Crippen LogP contribution in [-0.2, 0) is 16.2 Å². The molecule has 0 radical (unpaired) electrons. The molecule has 1 aliphatic heterocycles. The molecule has 4 rings (SSSR count). The van der Waals surface area contributed by atoms with E-state index in [4.69, 9.17) is 51.1 Å². The predicted octanol–water partition coefficient (Wildman–Crippen LogP) is 6.34. The molecule has 1 saturated heterocycles. The maximum Gasteiger partial charge on any atom is 0.282 e. The summed E-state index contributed by atoms with van der Waals surface area (Å²) in [6.07, 6.45) is 1.39. The summed E-state index contributed by atoms with van der Waals surface area (Å²) in [6.45, 7) is 0.0202. The van der Waals surface area contributed by atoms with Crippen molar-refractivity contribution in [1.82, 2.24) is 5.43 Å². The molecule has 32 heavy (non-hydrogen) atoms. The zero-order chi connectivity index (χ0) is 22.8. The molecule has 0 atom stereocenters.